The van der Waals surface area contributed by atoms with E-state index in [0.29, 0.717) is 6.04 Å². The van der Waals surface area contributed by atoms with Gasteiger partial charge in [-0.15, -0.1) is 11.3 Å². The predicted octanol–water partition coefficient (Wildman–Crippen LogP) is 3.77. The molecule has 0 spiro atoms. The minimum absolute atomic E-state index is 0.365. The molecule has 1 N–H and O–H groups in total. The van der Waals surface area contributed by atoms with E-state index in [1.54, 1.807) is 0 Å². The topological polar surface area (TPSA) is 38.1 Å². The van der Waals surface area contributed by atoms with Crippen LogP contribution in [0, 0.1) is 13.8 Å². The molecule has 0 aliphatic rings. The second-order valence-corrected chi connectivity index (χ2v) is 5.76. The van der Waals surface area contributed by atoms with Crippen LogP contribution in [0.3, 0.4) is 0 Å². The van der Waals surface area contributed by atoms with E-state index >= 15 is 0 Å². The van der Waals surface area contributed by atoms with Crippen LogP contribution < -0.4 is 5.32 Å². The molecule has 0 radical (unpaired) electrons. The highest BCUT2D eigenvalue weighted by molar-refractivity contribution is 7.12. The third-order valence-corrected chi connectivity index (χ3v) is 4.64. The molecule has 4 heteroatoms. The van der Waals surface area contributed by atoms with E-state index in [4.69, 9.17) is 4.52 Å². The van der Waals surface area contributed by atoms with Gasteiger partial charge in [0.25, 0.3) is 0 Å². The van der Waals surface area contributed by atoms with Gasteiger partial charge in [-0.25, -0.2) is 0 Å². The van der Waals surface area contributed by atoms with Crippen LogP contribution in [0.15, 0.2) is 16.7 Å². The van der Waals surface area contributed by atoms with Gasteiger partial charge in [0.2, 0.25) is 0 Å². The number of thiophene rings is 1. The molecule has 0 fully saturated rings. The molecule has 0 amide bonds. The number of aromatic nitrogens is 1. The van der Waals surface area contributed by atoms with Crippen molar-refractivity contribution in [3.63, 3.8) is 0 Å². The van der Waals surface area contributed by atoms with Gasteiger partial charge in [0.05, 0.1) is 5.69 Å². The minimum Gasteiger partial charge on any atom is -0.361 e. The largest absolute Gasteiger partial charge is 0.361 e. The summed E-state index contributed by atoms with van der Waals surface area (Å²) in [4.78, 5) is 2.83. The van der Waals surface area contributed by atoms with Crippen molar-refractivity contribution in [3.05, 3.63) is 38.9 Å². The van der Waals surface area contributed by atoms with Crippen LogP contribution in [-0.4, -0.2) is 5.16 Å². The lowest BCUT2D eigenvalue weighted by atomic mass is 10.2. The second-order valence-electron chi connectivity index (χ2n) is 4.56. The van der Waals surface area contributed by atoms with Gasteiger partial charge in [-0.2, -0.15) is 0 Å². The third-order valence-electron chi connectivity index (χ3n) is 3.22. The Balaban J connectivity index is 1.98. The first-order valence-electron chi connectivity index (χ1n) is 6.35. The minimum atomic E-state index is 0.365. The summed E-state index contributed by atoms with van der Waals surface area (Å²) < 4.78 is 5.17. The van der Waals surface area contributed by atoms with Crippen LogP contribution in [-0.2, 0) is 13.0 Å². The normalized spacial score (nSPS) is 12.9. The molecule has 0 saturated carbocycles. The first-order chi connectivity index (χ1) is 8.61. The summed E-state index contributed by atoms with van der Waals surface area (Å²) in [6, 6.07) is 4.80. The maximum absolute atomic E-state index is 5.17. The number of nitrogens with one attached hydrogen (secondary N) is 1. The summed E-state index contributed by atoms with van der Waals surface area (Å²) in [5.41, 5.74) is 2.15. The molecule has 1 unspecified atom stereocenters. The SMILES string of the molecule is CCc1ccc(C(C)NCc2c(C)noc2C)s1. The van der Waals surface area contributed by atoms with E-state index in [1.807, 2.05) is 25.2 Å². The standard InChI is InChI=1S/C14H20N2OS/c1-5-12-6-7-14(18-12)10(3)15-8-13-9(2)16-17-11(13)4/h6-7,10,15H,5,8H2,1-4H3. The first-order valence-corrected chi connectivity index (χ1v) is 7.17. The molecule has 0 aliphatic carbocycles. The van der Waals surface area contributed by atoms with E-state index < -0.39 is 0 Å². The highest BCUT2D eigenvalue weighted by atomic mass is 32.1. The van der Waals surface area contributed by atoms with Crippen molar-refractivity contribution in [2.24, 2.45) is 0 Å². The van der Waals surface area contributed by atoms with Crippen molar-refractivity contribution in [1.82, 2.24) is 10.5 Å². The molecule has 98 valence electrons. The second kappa shape index (κ2) is 5.67. The average Bonchev–Trinajstić information content (AvgIpc) is 2.95. The predicted molar refractivity (Wildman–Crippen MR) is 74.9 cm³/mol. The molecule has 2 aromatic rings. The lowest BCUT2D eigenvalue weighted by Crippen LogP contribution is -2.17. The highest BCUT2D eigenvalue weighted by Crippen LogP contribution is 2.24. The number of rotatable bonds is 5. The maximum Gasteiger partial charge on any atom is 0.138 e. The zero-order valence-electron chi connectivity index (χ0n) is 11.4. The van der Waals surface area contributed by atoms with Gasteiger partial charge < -0.3 is 9.84 Å². The van der Waals surface area contributed by atoms with Gasteiger partial charge in [0, 0.05) is 27.9 Å². The summed E-state index contributed by atoms with van der Waals surface area (Å²) in [5, 5.41) is 7.50. The average molecular weight is 264 g/mol. The van der Waals surface area contributed by atoms with Crippen molar-refractivity contribution in [2.45, 2.75) is 46.7 Å². The summed E-state index contributed by atoms with van der Waals surface area (Å²) in [6.07, 6.45) is 1.11. The van der Waals surface area contributed by atoms with Crippen molar-refractivity contribution in [3.8, 4) is 0 Å². The molecule has 0 aromatic carbocycles. The zero-order chi connectivity index (χ0) is 13.1. The van der Waals surface area contributed by atoms with Crippen molar-refractivity contribution >= 4 is 11.3 Å². The Kier molecular flexibility index (Phi) is 4.19. The van der Waals surface area contributed by atoms with Gasteiger partial charge >= 0.3 is 0 Å². The summed E-state index contributed by atoms with van der Waals surface area (Å²) >= 11 is 1.89. The Hall–Kier alpha value is -1.13. The fourth-order valence-electron chi connectivity index (χ4n) is 1.93. The number of aryl methyl sites for hydroxylation is 3. The van der Waals surface area contributed by atoms with E-state index in [-0.39, 0.29) is 0 Å². The Morgan fingerprint density at radius 2 is 2.17 bits per heavy atom. The third kappa shape index (κ3) is 2.82. The summed E-state index contributed by atoms with van der Waals surface area (Å²) in [5.74, 6) is 0.910. The van der Waals surface area contributed by atoms with E-state index in [1.165, 1.54) is 15.3 Å². The van der Waals surface area contributed by atoms with Crippen molar-refractivity contribution in [2.75, 3.05) is 0 Å². The number of nitrogens with zero attached hydrogens (tertiary/aromatic N) is 1. The molecule has 2 heterocycles. The maximum atomic E-state index is 5.17. The molecule has 0 aliphatic heterocycles. The molecule has 3 nitrogen and oxygen atoms in total. The number of hydrogen-bond donors (Lipinski definition) is 1. The van der Waals surface area contributed by atoms with Crippen molar-refractivity contribution in [1.29, 1.82) is 0 Å². The Morgan fingerprint density at radius 1 is 1.39 bits per heavy atom. The highest BCUT2D eigenvalue weighted by Gasteiger charge is 2.12. The van der Waals surface area contributed by atoms with Crippen molar-refractivity contribution < 1.29 is 4.52 Å². The molecule has 2 rings (SSSR count). The number of hydrogen-bond acceptors (Lipinski definition) is 4. The van der Waals surface area contributed by atoms with Gasteiger partial charge in [0.1, 0.15) is 5.76 Å². The van der Waals surface area contributed by atoms with Crippen LogP contribution in [0.5, 0.6) is 0 Å². The monoisotopic (exact) mass is 264 g/mol. The Labute approximate surface area is 112 Å². The van der Waals surface area contributed by atoms with E-state index in [0.717, 1.165) is 24.4 Å². The van der Waals surface area contributed by atoms with Crippen LogP contribution in [0.25, 0.3) is 0 Å². The van der Waals surface area contributed by atoms with Gasteiger partial charge in [-0.1, -0.05) is 12.1 Å². The zero-order valence-corrected chi connectivity index (χ0v) is 12.2. The molecule has 0 saturated heterocycles. The molecule has 0 bridgehead atoms. The summed E-state index contributed by atoms with van der Waals surface area (Å²) in [6.45, 7) is 9.14. The molecule has 2 aromatic heterocycles. The molecular weight excluding hydrogens is 244 g/mol. The lowest BCUT2D eigenvalue weighted by molar-refractivity contribution is 0.391. The van der Waals surface area contributed by atoms with Crippen LogP contribution in [0.2, 0.25) is 0 Å². The smallest absolute Gasteiger partial charge is 0.138 e. The lowest BCUT2D eigenvalue weighted by Gasteiger charge is -2.11. The van der Waals surface area contributed by atoms with Crippen LogP contribution in [0.1, 0.15) is 46.7 Å². The molecule has 1 atom stereocenters. The van der Waals surface area contributed by atoms with E-state index in [9.17, 15) is 0 Å². The van der Waals surface area contributed by atoms with Gasteiger partial charge in [-0.3, -0.25) is 0 Å². The quantitative estimate of drug-likeness (QED) is 0.893. The fraction of sp³-hybridized carbons (Fsp3) is 0.500. The Bertz CT molecular complexity index is 496. The van der Waals surface area contributed by atoms with Gasteiger partial charge in [-0.05, 0) is 39.3 Å². The fourth-order valence-corrected chi connectivity index (χ4v) is 2.91. The Morgan fingerprint density at radius 3 is 2.72 bits per heavy atom. The summed E-state index contributed by atoms with van der Waals surface area (Å²) in [7, 11) is 0. The first kappa shape index (κ1) is 13.3. The molecule has 18 heavy (non-hydrogen) atoms. The van der Waals surface area contributed by atoms with Crippen LogP contribution >= 0.6 is 11.3 Å². The molecular formula is C14H20N2OS. The van der Waals surface area contributed by atoms with Crippen LogP contribution in [0.4, 0.5) is 0 Å². The van der Waals surface area contributed by atoms with Gasteiger partial charge in [0.15, 0.2) is 0 Å². The van der Waals surface area contributed by atoms with E-state index in [2.05, 4.69) is 36.5 Å².